The molecule has 0 amide bonds. The lowest BCUT2D eigenvalue weighted by atomic mass is 9.79. The minimum atomic E-state index is -0.926. The van der Waals surface area contributed by atoms with Gasteiger partial charge in [0.2, 0.25) is 0 Å². The summed E-state index contributed by atoms with van der Waals surface area (Å²) < 4.78 is 5.17. The Kier molecular flexibility index (Phi) is 6.00. The van der Waals surface area contributed by atoms with Crippen molar-refractivity contribution in [3.63, 3.8) is 0 Å². The summed E-state index contributed by atoms with van der Waals surface area (Å²) in [5.74, 6) is -0.495. The van der Waals surface area contributed by atoms with Crippen molar-refractivity contribution in [3.05, 3.63) is 41.1 Å². The fraction of sp³-hybridized carbons (Fsp3) is 0.524. The number of nitrogens with zero attached hydrogens (tertiary/aromatic N) is 1. The zero-order valence-electron chi connectivity index (χ0n) is 17.1. The molecule has 0 saturated heterocycles. The third kappa shape index (κ3) is 4.86. The van der Waals surface area contributed by atoms with Crippen LogP contribution in [-0.4, -0.2) is 26.9 Å². The Hall–Kier alpha value is -1.95. The minimum Gasteiger partial charge on any atom is -0.507 e. The SMILES string of the molecule is Cc1ocnc1C(CSc1cc(C(C)(C)C)c(O)c(C(C)(C)C)c1)C(=O)O. The zero-order chi connectivity index (χ0) is 20.6. The quantitative estimate of drug-likeness (QED) is 0.678. The first kappa shape index (κ1) is 21.4. The lowest BCUT2D eigenvalue weighted by Crippen LogP contribution is -2.18. The first-order valence-electron chi connectivity index (χ1n) is 8.96. The Morgan fingerprint density at radius 1 is 1.15 bits per heavy atom. The molecule has 2 rings (SSSR count). The number of thioether (sulfide) groups is 1. The van der Waals surface area contributed by atoms with Gasteiger partial charge in [-0.2, -0.15) is 0 Å². The van der Waals surface area contributed by atoms with Gasteiger partial charge in [0.05, 0.1) is 5.69 Å². The summed E-state index contributed by atoms with van der Waals surface area (Å²) in [4.78, 5) is 16.8. The van der Waals surface area contributed by atoms with Gasteiger partial charge >= 0.3 is 5.97 Å². The molecule has 0 spiro atoms. The van der Waals surface area contributed by atoms with Crippen LogP contribution in [0.4, 0.5) is 0 Å². The monoisotopic (exact) mass is 391 g/mol. The minimum absolute atomic E-state index is 0.227. The van der Waals surface area contributed by atoms with Crippen LogP contribution in [0.25, 0.3) is 0 Å². The van der Waals surface area contributed by atoms with E-state index in [0.29, 0.717) is 23.0 Å². The predicted octanol–water partition coefficient (Wildman–Crippen LogP) is 5.24. The van der Waals surface area contributed by atoms with E-state index in [1.54, 1.807) is 6.92 Å². The highest BCUT2D eigenvalue weighted by molar-refractivity contribution is 7.99. The van der Waals surface area contributed by atoms with E-state index in [4.69, 9.17) is 4.42 Å². The Bertz CT molecular complexity index is 792. The third-order valence-corrected chi connectivity index (χ3v) is 5.60. The van der Waals surface area contributed by atoms with Gasteiger partial charge in [-0.05, 0) is 29.9 Å². The lowest BCUT2D eigenvalue weighted by Gasteiger charge is -2.28. The molecule has 5 nitrogen and oxygen atoms in total. The number of oxazole rings is 1. The van der Waals surface area contributed by atoms with Crippen LogP contribution in [0.3, 0.4) is 0 Å². The van der Waals surface area contributed by atoms with Crippen LogP contribution in [-0.2, 0) is 15.6 Å². The van der Waals surface area contributed by atoms with Gasteiger partial charge in [0.1, 0.15) is 17.4 Å². The Morgan fingerprint density at radius 2 is 1.67 bits per heavy atom. The number of rotatable bonds is 5. The van der Waals surface area contributed by atoms with Crippen molar-refractivity contribution in [3.8, 4) is 5.75 Å². The molecule has 1 atom stereocenters. The van der Waals surface area contributed by atoms with Crippen molar-refractivity contribution in [2.45, 2.75) is 70.1 Å². The number of phenols is 1. The van der Waals surface area contributed by atoms with E-state index in [2.05, 4.69) is 46.5 Å². The molecule has 1 unspecified atom stereocenters. The molecule has 148 valence electrons. The van der Waals surface area contributed by atoms with Crippen LogP contribution < -0.4 is 0 Å². The normalized spacial score (nSPS) is 13.6. The number of phenolic OH excluding ortho intramolecular Hbond substituents is 1. The lowest BCUT2D eigenvalue weighted by molar-refractivity contribution is -0.138. The molecule has 1 heterocycles. The van der Waals surface area contributed by atoms with E-state index in [9.17, 15) is 15.0 Å². The molecule has 0 radical (unpaired) electrons. The summed E-state index contributed by atoms with van der Waals surface area (Å²) in [6.45, 7) is 14.1. The summed E-state index contributed by atoms with van der Waals surface area (Å²) >= 11 is 1.46. The average molecular weight is 392 g/mol. The Morgan fingerprint density at radius 3 is 2.04 bits per heavy atom. The summed E-state index contributed by atoms with van der Waals surface area (Å²) in [6, 6.07) is 3.92. The van der Waals surface area contributed by atoms with Gasteiger partial charge in [0, 0.05) is 21.8 Å². The molecule has 0 bridgehead atoms. The highest BCUT2D eigenvalue weighted by Gasteiger charge is 2.28. The molecule has 1 aromatic heterocycles. The highest BCUT2D eigenvalue weighted by atomic mass is 32.2. The van der Waals surface area contributed by atoms with Crippen LogP contribution >= 0.6 is 11.8 Å². The van der Waals surface area contributed by atoms with Gasteiger partial charge in [0.15, 0.2) is 6.39 Å². The first-order chi connectivity index (χ1) is 12.3. The van der Waals surface area contributed by atoms with E-state index >= 15 is 0 Å². The molecule has 0 aliphatic heterocycles. The van der Waals surface area contributed by atoms with Gasteiger partial charge in [-0.15, -0.1) is 11.8 Å². The topological polar surface area (TPSA) is 83.6 Å². The third-order valence-electron chi connectivity index (χ3n) is 4.53. The van der Waals surface area contributed by atoms with Crippen molar-refractivity contribution >= 4 is 17.7 Å². The standard InChI is InChI=1S/C21H29NO4S/c1-12-17(22-11-26-12)14(19(24)25)10-27-13-8-15(20(2,3)4)18(23)16(9-13)21(5,6)7/h8-9,11,14,23H,10H2,1-7H3,(H,24,25). The van der Waals surface area contributed by atoms with E-state index < -0.39 is 11.9 Å². The number of hydrogen-bond donors (Lipinski definition) is 2. The van der Waals surface area contributed by atoms with Crippen LogP contribution in [0.15, 0.2) is 27.8 Å². The first-order valence-corrected chi connectivity index (χ1v) is 9.94. The molecule has 0 aliphatic rings. The maximum atomic E-state index is 11.7. The van der Waals surface area contributed by atoms with Gasteiger partial charge in [-0.25, -0.2) is 4.98 Å². The largest absolute Gasteiger partial charge is 0.507 e. The van der Waals surface area contributed by atoms with Gasteiger partial charge in [0.25, 0.3) is 0 Å². The molecule has 6 heteroatoms. The second kappa shape index (κ2) is 7.58. The highest BCUT2D eigenvalue weighted by Crippen LogP contribution is 2.42. The van der Waals surface area contributed by atoms with Crippen molar-refractivity contribution in [2.75, 3.05) is 5.75 Å². The smallest absolute Gasteiger partial charge is 0.313 e. The summed E-state index contributed by atoms with van der Waals surface area (Å²) in [6.07, 6.45) is 1.28. The second-order valence-electron chi connectivity index (χ2n) is 8.86. The summed E-state index contributed by atoms with van der Waals surface area (Å²) in [5, 5.41) is 20.4. The molecule has 27 heavy (non-hydrogen) atoms. The fourth-order valence-electron chi connectivity index (χ4n) is 2.93. The van der Waals surface area contributed by atoms with E-state index in [1.165, 1.54) is 18.2 Å². The number of aromatic nitrogens is 1. The number of carbonyl (C=O) groups is 1. The summed E-state index contributed by atoms with van der Waals surface area (Å²) in [5.41, 5.74) is 1.73. The molecule has 2 aromatic rings. The number of hydrogen-bond acceptors (Lipinski definition) is 5. The van der Waals surface area contributed by atoms with Crippen molar-refractivity contribution < 1.29 is 19.4 Å². The van der Waals surface area contributed by atoms with Gasteiger partial charge in [-0.1, -0.05) is 41.5 Å². The maximum absolute atomic E-state index is 11.7. The Labute approximate surface area is 165 Å². The van der Waals surface area contributed by atoms with Crippen molar-refractivity contribution in [2.24, 2.45) is 0 Å². The molecule has 0 fully saturated rings. The number of aryl methyl sites for hydroxylation is 1. The van der Waals surface area contributed by atoms with Crippen molar-refractivity contribution in [1.29, 1.82) is 0 Å². The van der Waals surface area contributed by atoms with Gasteiger partial charge in [-0.3, -0.25) is 4.79 Å². The zero-order valence-corrected chi connectivity index (χ0v) is 17.9. The van der Waals surface area contributed by atoms with Crippen LogP contribution in [0.1, 0.15) is 70.0 Å². The van der Waals surface area contributed by atoms with Crippen LogP contribution in [0, 0.1) is 6.92 Å². The van der Waals surface area contributed by atoms with E-state index in [0.717, 1.165) is 16.0 Å². The number of carboxylic acid groups (broad SMARTS) is 1. The molecule has 1 aromatic carbocycles. The molecule has 0 saturated carbocycles. The molecular weight excluding hydrogens is 362 g/mol. The number of aliphatic carboxylic acids is 1. The fourth-order valence-corrected chi connectivity index (χ4v) is 3.99. The predicted molar refractivity (Wildman–Crippen MR) is 108 cm³/mol. The maximum Gasteiger partial charge on any atom is 0.313 e. The van der Waals surface area contributed by atoms with Crippen LogP contribution in [0.5, 0.6) is 5.75 Å². The summed E-state index contributed by atoms with van der Waals surface area (Å²) in [7, 11) is 0. The molecule has 0 aliphatic carbocycles. The number of benzene rings is 1. The number of aromatic hydroxyl groups is 1. The van der Waals surface area contributed by atoms with Crippen molar-refractivity contribution in [1.82, 2.24) is 4.98 Å². The van der Waals surface area contributed by atoms with Gasteiger partial charge < -0.3 is 14.6 Å². The number of carboxylic acids is 1. The van der Waals surface area contributed by atoms with E-state index in [-0.39, 0.29) is 10.8 Å². The van der Waals surface area contributed by atoms with Crippen LogP contribution in [0.2, 0.25) is 0 Å². The average Bonchev–Trinajstić information content (AvgIpc) is 2.92. The molecule has 2 N–H and O–H groups in total. The molecular formula is C21H29NO4S. The second-order valence-corrected chi connectivity index (χ2v) is 9.96. The van der Waals surface area contributed by atoms with E-state index in [1.807, 2.05) is 12.1 Å². The Balaban J connectivity index is 2.41.